The summed E-state index contributed by atoms with van der Waals surface area (Å²) in [6.07, 6.45) is -2.39. The van der Waals surface area contributed by atoms with Gasteiger partial charge < -0.3 is 20.3 Å². The molecule has 0 spiro atoms. The monoisotopic (exact) mass is 533 g/mol. The van der Waals surface area contributed by atoms with Crippen molar-refractivity contribution in [3.05, 3.63) is 76.4 Å². The van der Waals surface area contributed by atoms with E-state index in [-0.39, 0.29) is 41.8 Å². The normalized spacial score (nSPS) is 16.4. The van der Waals surface area contributed by atoms with Crippen molar-refractivity contribution in [2.75, 3.05) is 13.2 Å². The maximum Gasteiger partial charge on any atom is 0.417 e. The van der Waals surface area contributed by atoms with Crippen LogP contribution < -0.4 is 5.32 Å². The number of ether oxygens (including phenoxy) is 1. The van der Waals surface area contributed by atoms with Crippen molar-refractivity contribution in [3.63, 3.8) is 0 Å². The van der Waals surface area contributed by atoms with Crippen LogP contribution in [0.25, 0.3) is 5.57 Å². The zero-order chi connectivity index (χ0) is 28.1. The molecule has 208 valence electrons. The number of carboxylic acids is 1. The van der Waals surface area contributed by atoms with Crippen molar-refractivity contribution < 1.29 is 32.9 Å². The Morgan fingerprint density at radius 3 is 2.32 bits per heavy atom. The van der Waals surface area contributed by atoms with Crippen molar-refractivity contribution in [2.24, 2.45) is 5.92 Å². The molecule has 8 heteroatoms. The van der Waals surface area contributed by atoms with E-state index in [2.05, 4.69) is 43.4 Å². The maximum atomic E-state index is 13.8. The van der Waals surface area contributed by atoms with E-state index in [4.69, 9.17) is 4.74 Å². The average molecular weight is 534 g/mol. The van der Waals surface area contributed by atoms with E-state index < -0.39 is 29.9 Å². The summed E-state index contributed by atoms with van der Waals surface area (Å²) in [5.74, 6) is -0.793. The van der Waals surface area contributed by atoms with E-state index in [0.717, 1.165) is 31.4 Å². The fourth-order valence-electron chi connectivity index (χ4n) is 5.39. The number of allylic oxidation sites excluding steroid dienone is 1. The highest BCUT2D eigenvalue weighted by molar-refractivity contribution is 5.91. The summed E-state index contributed by atoms with van der Waals surface area (Å²) in [4.78, 5) is 11.3. The first-order valence-electron chi connectivity index (χ1n) is 13.1. The van der Waals surface area contributed by atoms with E-state index in [9.17, 15) is 28.2 Å². The van der Waals surface area contributed by atoms with E-state index in [1.54, 1.807) is 13.8 Å². The first kappa shape index (κ1) is 29.9. The molecule has 1 aliphatic rings. The molecule has 2 aromatic rings. The van der Waals surface area contributed by atoms with Gasteiger partial charge in [-0.2, -0.15) is 13.2 Å². The highest BCUT2D eigenvalue weighted by Crippen LogP contribution is 2.40. The number of alkyl halides is 3. The Kier molecular flexibility index (Phi) is 9.79. The molecule has 0 heterocycles. The Bertz CT molecular complexity index is 1120. The number of benzene rings is 2. The predicted octanol–water partition coefficient (Wildman–Crippen LogP) is 6.20. The molecule has 2 atom stereocenters. The minimum absolute atomic E-state index is 0.0638. The number of aliphatic hydroxyl groups is 1. The molecule has 0 bridgehead atoms. The second-order valence-electron chi connectivity index (χ2n) is 10.8. The van der Waals surface area contributed by atoms with Crippen LogP contribution in [-0.4, -0.2) is 41.0 Å². The Labute approximate surface area is 222 Å². The molecule has 3 rings (SSSR count). The SMILES string of the molecule is CC/C(=C\C(=O)O)c1c([C@@H](C)OC[C@@H](O)CNC(C)(C)CC2Cc3ccccc3C2)cccc1C(F)(F)F. The topological polar surface area (TPSA) is 78.8 Å². The van der Waals surface area contributed by atoms with Crippen LogP contribution in [0.3, 0.4) is 0 Å². The van der Waals surface area contributed by atoms with Gasteiger partial charge in [0, 0.05) is 18.2 Å². The molecule has 0 unspecified atom stereocenters. The number of halogens is 3. The second-order valence-corrected chi connectivity index (χ2v) is 10.8. The number of nitrogens with one attached hydrogen (secondary N) is 1. The van der Waals surface area contributed by atoms with E-state index >= 15 is 0 Å². The molecule has 0 saturated heterocycles. The summed E-state index contributed by atoms with van der Waals surface area (Å²) in [6, 6.07) is 12.2. The largest absolute Gasteiger partial charge is 0.478 e. The average Bonchev–Trinajstić information content (AvgIpc) is 3.25. The zero-order valence-corrected chi connectivity index (χ0v) is 22.4. The van der Waals surface area contributed by atoms with Gasteiger partial charge in [-0.3, -0.25) is 0 Å². The summed E-state index contributed by atoms with van der Waals surface area (Å²) in [7, 11) is 0. The predicted molar refractivity (Wildman–Crippen MR) is 142 cm³/mol. The van der Waals surface area contributed by atoms with Crippen molar-refractivity contribution in [3.8, 4) is 0 Å². The van der Waals surface area contributed by atoms with Gasteiger partial charge in [0.25, 0.3) is 0 Å². The fourth-order valence-corrected chi connectivity index (χ4v) is 5.39. The van der Waals surface area contributed by atoms with Gasteiger partial charge in [-0.05, 0) is 86.3 Å². The second kappa shape index (κ2) is 12.5. The van der Waals surface area contributed by atoms with Crippen LogP contribution in [0, 0.1) is 5.92 Å². The smallest absolute Gasteiger partial charge is 0.417 e. The number of carbonyl (C=O) groups is 1. The third-order valence-corrected chi connectivity index (χ3v) is 7.13. The summed E-state index contributed by atoms with van der Waals surface area (Å²) in [5, 5.41) is 23.2. The Hall–Kier alpha value is -2.68. The standard InChI is InChI=1S/C30H38F3NO4/c1-5-21(15-27(36)37)28-25(11-8-12-26(28)30(31,32)33)19(2)38-18-24(35)17-34-29(3,4)16-20-13-22-9-6-7-10-23(22)14-20/h6-12,15,19-20,24,34-35H,5,13-14,16-18H2,1-4H3,(H,36,37)/b21-15+/t19-,24+/m1/s1. The molecule has 1 aliphatic carbocycles. The van der Waals surface area contributed by atoms with Crippen LogP contribution in [0.2, 0.25) is 0 Å². The number of rotatable bonds is 12. The molecule has 0 amide bonds. The van der Waals surface area contributed by atoms with Gasteiger partial charge in [0.2, 0.25) is 0 Å². The van der Waals surface area contributed by atoms with Crippen LogP contribution >= 0.6 is 0 Å². The molecular weight excluding hydrogens is 495 g/mol. The summed E-state index contributed by atoms with van der Waals surface area (Å²) < 4.78 is 47.2. The van der Waals surface area contributed by atoms with Crippen molar-refractivity contribution in [1.82, 2.24) is 5.32 Å². The maximum absolute atomic E-state index is 13.8. The van der Waals surface area contributed by atoms with Gasteiger partial charge in [-0.15, -0.1) is 0 Å². The lowest BCUT2D eigenvalue weighted by Crippen LogP contribution is -2.45. The van der Waals surface area contributed by atoms with E-state index in [0.29, 0.717) is 5.92 Å². The Morgan fingerprint density at radius 1 is 1.13 bits per heavy atom. The molecular formula is C30H38F3NO4. The molecule has 2 aromatic carbocycles. The molecule has 0 radical (unpaired) electrons. The molecule has 3 N–H and O–H groups in total. The molecule has 0 aliphatic heterocycles. The summed E-state index contributed by atoms with van der Waals surface area (Å²) >= 11 is 0. The Morgan fingerprint density at radius 2 is 1.76 bits per heavy atom. The quantitative estimate of drug-likeness (QED) is 0.283. The van der Waals surface area contributed by atoms with Gasteiger partial charge in [0.15, 0.2) is 0 Å². The van der Waals surface area contributed by atoms with E-state index in [1.807, 2.05) is 0 Å². The number of aliphatic hydroxyl groups excluding tert-OH is 1. The van der Waals surface area contributed by atoms with Crippen LogP contribution in [0.4, 0.5) is 13.2 Å². The van der Waals surface area contributed by atoms with Crippen LogP contribution in [-0.2, 0) is 28.5 Å². The highest BCUT2D eigenvalue weighted by Gasteiger charge is 2.36. The van der Waals surface area contributed by atoms with Crippen molar-refractivity contribution >= 4 is 11.5 Å². The third-order valence-electron chi connectivity index (χ3n) is 7.13. The summed E-state index contributed by atoms with van der Waals surface area (Å²) in [5.41, 5.74) is 1.79. The van der Waals surface area contributed by atoms with Gasteiger partial charge >= 0.3 is 12.1 Å². The Balaban J connectivity index is 1.62. The third kappa shape index (κ3) is 7.91. The highest BCUT2D eigenvalue weighted by atomic mass is 19.4. The first-order valence-corrected chi connectivity index (χ1v) is 13.1. The molecule has 5 nitrogen and oxygen atoms in total. The van der Waals surface area contributed by atoms with Crippen LogP contribution in [0.5, 0.6) is 0 Å². The fraction of sp³-hybridized carbons (Fsp3) is 0.500. The first-order chi connectivity index (χ1) is 17.8. The van der Waals surface area contributed by atoms with Crippen LogP contribution in [0.1, 0.15) is 74.5 Å². The van der Waals surface area contributed by atoms with Gasteiger partial charge in [-0.25, -0.2) is 4.79 Å². The number of aliphatic carboxylic acids is 1. The number of fused-ring (bicyclic) bond motifs is 1. The molecule has 0 fully saturated rings. The minimum atomic E-state index is -4.66. The number of hydrogen-bond acceptors (Lipinski definition) is 4. The molecule has 0 aromatic heterocycles. The minimum Gasteiger partial charge on any atom is -0.478 e. The number of β-amino-alcohol motifs (C(OH)–C–C–N with tert-alkyl or cyclic N) is 1. The number of carboxylic acid groups (broad SMARTS) is 1. The lowest BCUT2D eigenvalue weighted by Gasteiger charge is -2.31. The number of hydrogen-bond donors (Lipinski definition) is 3. The lowest BCUT2D eigenvalue weighted by molar-refractivity contribution is -0.138. The zero-order valence-electron chi connectivity index (χ0n) is 22.4. The van der Waals surface area contributed by atoms with Crippen molar-refractivity contribution in [2.45, 2.75) is 77.3 Å². The van der Waals surface area contributed by atoms with Gasteiger partial charge in [0.05, 0.1) is 24.4 Å². The lowest BCUT2D eigenvalue weighted by atomic mass is 9.88. The van der Waals surface area contributed by atoms with E-state index in [1.165, 1.54) is 23.3 Å². The van der Waals surface area contributed by atoms with Crippen molar-refractivity contribution in [1.29, 1.82) is 0 Å². The molecule has 38 heavy (non-hydrogen) atoms. The van der Waals surface area contributed by atoms with Gasteiger partial charge in [0.1, 0.15) is 0 Å². The van der Waals surface area contributed by atoms with Crippen LogP contribution in [0.15, 0.2) is 48.5 Å². The van der Waals surface area contributed by atoms with Gasteiger partial charge in [-0.1, -0.05) is 43.3 Å². The summed E-state index contributed by atoms with van der Waals surface area (Å²) in [6.45, 7) is 7.60. The molecule has 0 saturated carbocycles.